The van der Waals surface area contributed by atoms with Crippen molar-refractivity contribution in [3.63, 3.8) is 0 Å². The average molecular weight is 537 g/mol. The standard InChI is InChI=1S/C27H56O8Si/c1-7-8-9-10-11-12-13-26(28)34-24-22-32-20-18-30-16-14-29-15-17-31-19-21-33-23-25-35-36(5,6)27(2,3)4/h7-25H2,1-6H3. The Labute approximate surface area is 222 Å². The minimum absolute atomic E-state index is 0.134. The molecule has 0 rings (SSSR count). The van der Waals surface area contributed by atoms with Crippen LogP contribution < -0.4 is 0 Å². The summed E-state index contributed by atoms with van der Waals surface area (Å²) in [6, 6.07) is 0. The number of rotatable bonds is 26. The van der Waals surface area contributed by atoms with Crippen LogP contribution in [0.3, 0.4) is 0 Å². The van der Waals surface area contributed by atoms with Crippen molar-refractivity contribution in [3.8, 4) is 0 Å². The van der Waals surface area contributed by atoms with E-state index in [4.69, 9.17) is 32.8 Å². The first kappa shape index (κ1) is 35.4. The van der Waals surface area contributed by atoms with E-state index in [0.29, 0.717) is 85.7 Å². The van der Waals surface area contributed by atoms with Gasteiger partial charge < -0.3 is 32.8 Å². The van der Waals surface area contributed by atoms with Crippen LogP contribution in [0.2, 0.25) is 18.1 Å². The van der Waals surface area contributed by atoms with Crippen molar-refractivity contribution in [2.75, 3.05) is 79.3 Å². The number of carbonyl (C=O) groups is 1. The Bertz CT molecular complexity index is 497. The van der Waals surface area contributed by atoms with Crippen LogP contribution in [0.1, 0.15) is 72.6 Å². The highest BCUT2D eigenvalue weighted by Crippen LogP contribution is 2.36. The predicted octanol–water partition coefficient (Wildman–Crippen LogP) is 5.39. The van der Waals surface area contributed by atoms with Gasteiger partial charge in [0.25, 0.3) is 0 Å². The van der Waals surface area contributed by atoms with Gasteiger partial charge in [-0.25, -0.2) is 0 Å². The molecule has 0 spiro atoms. The summed E-state index contributed by atoms with van der Waals surface area (Å²) in [5, 5.41) is 0.221. The Balaban J connectivity index is 3.23. The van der Waals surface area contributed by atoms with Crippen LogP contribution >= 0.6 is 0 Å². The van der Waals surface area contributed by atoms with E-state index < -0.39 is 8.32 Å². The highest BCUT2D eigenvalue weighted by atomic mass is 28.4. The van der Waals surface area contributed by atoms with E-state index in [1.165, 1.54) is 25.7 Å². The molecule has 0 atom stereocenters. The van der Waals surface area contributed by atoms with Gasteiger partial charge in [-0.05, 0) is 24.6 Å². The van der Waals surface area contributed by atoms with Crippen LogP contribution in [0.25, 0.3) is 0 Å². The van der Waals surface area contributed by atoms with E-state index in [1.807, 2.05) is 0 Å². The van der Waals surface area contributed by atoms with E-state index in [9.17, 15) is 4.79 Å². The molecule has 0 aromatic carbocycles. The topological polar surface area (TPSA) is 81.7 Å². The average Bonchev–Trinajstić information content (AvgIpc) is 2.82. The van der Waals surface area contributed by atoms with E-state index in [0.717, 1.165) is 12.8 Å². The molecule has 0 saturated carbocycles. The normalized spacial score (nSPS) is 12.3. The van der Waals surface area contributed by atoms with Crippen LogP contribution in [0.15, 0.2) is 0 Å². The zero-order chi connectivity index (χ0) is 27.0. The summed E-state index contributed by atoms with van der Waals surface area (Å²) in [5.41, 5.74) is 0. The molecule has 0 fully saturated rings. The first-order chi connectivity index (χ1) is 17.2. The lowest BCUT2D eigenvalue weighted by molar-refractivity contribution is -0.145. The molecule has 0 N–H and O–H groups in total. The molecule has 0 saturated heterocycles. The predicted molar refractivity (Wildman–Crippen MR) is 146 cm³/mol. The molecular formula is C27H56O8Si. The van der Waals surface area contributed by atoms with Gasteiger partial charge in [-0.1, -0.05) is 59.8 Å². The van der Waals surface area contributed by atoms with Crippen molar-refractivity contribution < 1.29 is 37.6 Å². The first-order valence-corrected chi connectivity index (χ1v) is 16.8. The Morgan fingerprint density at radius 1 is 0.583 bits per heavy atom. The van der Waals surface area contributed by atoms with Gasteiger partial charge in [-0.3, -0.25) is 4.79 Å². The van der Waals surface area contributed by atoms with Gasteiger partial charge in [0.1, 0.15) is 6.61 Å². The minimum atomic E-state index is -1.69. The van der Waals surface area contributed by atoms with E-state index in [1.54, 1.807) is 0 Å². The molecule has 8 nitrogen and oxygen atoms in total. The fraction of sp³-hybridized carbons (Fsp3) is 0.963. The van der Waals surface area contributed by atoms with Crippen LogP contribution in [-0.2, 0) is 37.6 Å². The van der Waals surface area contributed by atoms with Gasteiger partial charge in [0.05, 0.1) is 72.7 Å². The molecule has 0 aromatic heterocycles. The smallest absolute Gasteiger partial charge is 0.305 e. The second-order valence-corrected chi connectivity index (χ2v) is 15.2. The van der Waals surface area contributed by atoms with E-state index in [-0.39, 0.29) is 11.0 Å². The van der Waals surface area contributed by atoms with Gasteiger partial charge in [0, 0.05) is 6.42 Å². The number of hydrogen-bond acceptors (Lipinski definition) is 8. The maximum atomic E-state index is 11.6. The molecule has 0 bridgehead atoms. The highest BCUT2D eigenvalue weighted by Gasteiger charge is 2.36. The third kappa shape index (κ3) is 22.6. The summed E-state index contributed by atoms with van der Waals surface area (Å²) < 4.78 is 38.6. The fourth-order valence-electron chi connectivity index (χ4n) is 2.89. The van der Waals surface area contributed by atoms with Crippen LogP contribution in [0, 0.1) is 0 Å². The molecule has 0 heterocycles. The molecule has 0 aromatic rings. The second kappa shape index (κ2) is 23.6. The SMILES string of the molecule is CCCCCCCCC(=O)OCCOCCOCCOCCOCCOCCO[Si](C)(C)C(C)(C)C. The van der Waals surface area contributed by atoms with E-state index in [2.05, 4.69) is 40.8 Å². The molecule has 0 aliphatic rings. The van der Waals surface area contributed by atoms with Gasteiger partial charge in [0.2, 0.25) is 0 Å². The zero-order valence-corrected chi connectivity index (χ0v) is 25.2. The van der Waals surface area contributed by atoms with Gasteiger partial charge in [-0.15, -0.1) is 0 Å². The number of carbonyl (C=O) groups excluding carboxylic acids is 1. The third-order valence-electron chi connectivity index (χ3n) is 6.21. The Morgan fingerprint density at radius 2 is 0.972 bits per heavy atom. The molecule has 0 aliphatic carbocycles. The number of unbranched alkanes of at least 4 members (excludes halogenated alkanes) is 5. The lowest BCUT2D eigenvalue weighted by Crippen LogP contribution is -2.41. The maximum absolute atomic E-state index is 11.6. The van der Waals surface area contributed by atoms with Gasteiger partial charge >= 0.3 is 5.97 Å². The molecule has 36 heavy (non-hydrogen) atoms. The van der Waals surface area contributed by atoms with Crippen LogP contribution in [0.4, 0.5) is 0 Å². The quantitative estimate of drug-likeness (QED) is 0.0827. The summed E-state index contributed by atoms with van der Waals surface area (Å²) in [5.74, 6) is -0.134. The molecular weight excluding hydrogens is 480 g/mol. The summed E-state index contributed by atoms with van der Waals surface area (Å²) >= 11 is 0. The molecule has 0 amide bonds. The van der Waals surface area contributed by atoms with Crippen molar-refractivity contribution in [2.24, 2.45) is 0 Å². The van der Waals surface area contributed by atoms with Crippen molar-refractivity contribution in [2.45, 2.75) is 90.8 Å². The second-order valence-electron chi connectivity index (χ2n) is 10.4. The van der Waals surface area contributed by atoms with Crippen molar-refractivity contribution >= 4 is 14.3 Å². The first-order valence-electron chi connectivity index (χ1n) is 13.9. The minimum Gasteiger partial charge on any atom is -0.463 e. The number of ether oxygens (including phenoxy) is 6. The van der Waals surface area contributed by atoms with Crippen LogP contribution in [0.5, 0.6) is 0 Å². The molecule has 0 radical (unpaired) electrons. The number of esters is 1. The number of hydrogen-bond donors (Lipinski definition) is 0. The Morgan fingerprint density at radius 3 is 1.42 bits per heavy atom. The van der Waals surface area contributed by atoms with Gasteiger partial charge in [-0.2, -0.15) is 0 Å². The Hall–Kier alpha value is -0.553. The largest absolute Gasteiger partial charge is 0.463 e. The molecule has 9 heteroatoms. The van der Waals surface area contributed by atoms with E-state index >= 15 is 0 Å². The van der Waals surface area contributed by atoms with Crippen molar-refractivity contribution in [1.82, 2.24) is 0 Å². The lowest BCUT2D eigenvalue weighted by Gasteiger charge is -2.36. The monoisotopic (exact) mass is 536 g/mol. The molecule has 0 unspecified atom stereocenters. The Kier molecular flexibility index (Phi) is 23.2. The summed E-state index contributed by atoms with van der Waals surface area (Å²) in [6.07, 6.45) is 7.48. The molecule has 216 valence electrons. The lowest BCUT2D eigenvalue weighted by atomic mass is 10.1. The summed E-state index contributed by atoms with van der Waals surface area (Å²) in [7, 11) is -1.69. The molecule has 0 aliphatic heterocycles. The highest BCUT2D eigenvalue weighted by molar-refractivity contribution is 6.74. The summed E-state index contributed by atoms with van der Waals surface area (Å²) in [4.78, 5) is 11.6. The summed E-state index contributed by atoms with van der Waals surface area (Å²) in [6.45, 7) is 19.5. The van der Waals surface area contributed by atoms with Gasteiger partial charge in [0.15, 0.2) is 8.32 Å². The fourth-order valence-corrected chi connectivity index (χ4v) is 3.92. The van der Waals surface area contributed by atoms with Crippen LogP contribution in [-0.4, -0.2) is 93.6 Å². The third-order valence-corrected chi connectivity index (χ3v) is 10.7. The van der Waals surface area contributed by atoms with Crippen molar-refractivity contribution in [3.05, 3.63) is 0 Å². The van der Waals surface area contributed by atoms with Crippen molar-refractivity contribution in [1.29, 1.82) is 0 Å². The maximum Gasteiger partial charge on any atom is 0.305 e. The zero-order valence-electron chi connectivity index (χ0n) is 24.2.